The van der Waals surface area contributed by atoms with Gasteiger partial charge in [0.1, 0.15) is 0 Å². The molecule has 0 atom stereocenters. The van der Waals surface area contributed by atoms with Crippen LogP contribution in [-0.4, -0.2) is 47.3 Å². The van der Waals surface area contributed by atoms with Gasteiger partial charge in [-0.15, -0.1) is 5.10 Å². The maximum Gasteiger partial charge on any atom is 0.240 e. The second kappa shape index (κ2) is 8.22. The highest BCUT2D eigenvalue weighted by atomic mass is 32.2. The Kier molecular flexibility index (Phi) is 6.29. The van der Waals surface area contributed by atoms with Gasteiger partial charge in [0.25, 0.3) is 0 Å². The molecular weight excluding hydrogens is 352 g/mol. The Bertz CT molecular complexity index is 788. The maximum absolute atomic E-state index is 11.8. The second-order valence-corrected chi connectivity index (χ2v) is 7.76. The molecule has 0 aliphatic heterocycles. The van der Waals surface area contributed by atoms with Gasteiger partial charge in [-0.25, -0.2) is 17.8 Å². The number of hydrogen-bond acceptors (Lipinski definition) is 7. The summed E-state index contributed by atoms with van der Waals surface area (Å²) in [6.07, 6.45) is 0.337. The van der Waals surface area contributed by atoms with Crippen molar-refractivity contribution >= 4 is 27.7 Å². The van der Waals surface area contributed by atoms with Crippen LogP contribution in [0, 0.1) is 0 Å². The minimum absolute atomic E-state index is 0.0930. The minimum Gasteiger partial charge on any atom is -0.352 e. The number of nitrogens with one attached hydrogen (secondary N) is 2. The lowest BCUT2D eigenvalue weighted by molar-refractivity contribution is -0.120. The van der Waals surface area contributed by atoms with Crippen molar-refractivity contribution in [2.75, 3.05) is 12.8 Å². The van der Waals surface area contributed by atoms with Crippen LogP contribution in [0.15, 0.2) is 34.3 Å². The van der Waals surface area contributed by atoms with E-state index in [2.05, 4.69) is 25.6 Å². The van der Waals surface area contributed by atoms with Gasteiger partial charge in [-0.3, -0.25) is 4.79 Å². The molecule has 1 amide bonds. The van der Waals surface area contributed by atoms with Crippen molar-refractivity contribution in [3.05, 3.63) is 29.8 Å². The molecule has 2 aromatic rings. The Labute approximate surface area is 144 Å². The molecule has 1 heterocycles. The third-order valence-corrected chi connectivity index (χ3v) is 5.58. The van der Waals surface area contributed by atoms with Gasteiger partial charge in [-0.1, -0.05) is 23.9 Å². The molecule has 0 saturated carbocycles. The number of sulfonamides is 1. The highest BCUT2D eigenvalue weighted by Gasteiger charge is 2.10. The zero-order valence-electron chi connectivity index (χ0n) is 13.3. The Balaban J connectivity index is 1.76. The summed E-state index contributed by atoms with van der Waals surface area (Å²) in [4.78, 5) is 12.0. The summed E-state index contributed by atoms with van der Waals surface area (Å²) in [5.74, 6) is 0.476. The van der Waals surface area contributed by atoms with Gasteiger partial charge in [0.2, 0.25) is 21.1 Å². The van der Waals surface area contributed by atoms with E-state index in [-0.39, 0.29) is 10.8 Å². The zero-order valence-corrected chi connectivity index (χ0v) is 14.9. The van der Waals surface area contributed by atoms with Crippen LogP contribution >= 0.6 is 11.8 Å². The van der Waals surface area contributed by atoms with Crippen molar-refractivity contribution in [3.8, 4) is 0 Å². The summed E-state index contributed by atoms with van der Waals surface area (Å²) in [5, 5.41) is 14.5. The van der Waals surface area contributed by atoms with Gasteiger partial charge in [0, 0.05) is 25.8 Å². The third kappa shape index (κ3) is 5.01. The first-order valence-corrected chi connectivity index (χ1v) is 9.53. The van der Waals surface area contributed by atoms with Crippen molar-refractivity contribution < 1.29 is 13.2 Å². The molecule has 0 unspecified atom stereocenters. The van der Waals surface area contributed by atoms with E-state index in [9.17, 15) is 13.2 Å². The van der Waals surface area contributed by atoms with Gasteiger partial charge < -0.3 is 5.32 Å². The lowest BCUT2D eigenvalue weighted by Crippen LogP contribution is -2.23. The fourth-order valence-corrected chi connectivity index (χ4v) is 3.29. The fraction of sp³-hybridized carbons (Fsp3) is 0.385. The molecule has 1 aromatic carbocycles. The van der Waals surface area contributed by atoms with Crippen molar-refractivity contribution in [1.29, 1.82) is 0 Å². The minimum atomic E-state index is -3.44. The van der Waals surface area contributed by atoms with Gasteiger partial charge in [-0.05, 0) is 35.2 Å². The summed E-state index contributed by atoms with van der Waals surface area (Å²) < 4.78 is 27.0. The Morgan fingerprint density at radius 3 is 2.58 bits per heavy atom. The molecule has 0 aliphatic rings. The molecule has 2 N–H and O–H groups in total. The number of aryl methyl sites for hydroxylation is 1. The molecule has 1 aromatic heterocycles. The van der Waals surface area contributed by atoms with Crippen molar-refractivity contribution in [3.63, 3.8) is 0 Å². The molecular formula is C13H18N6O3S2. The average Bonchev–Trinajstić information content (AvgIpc) is 2.98. The summed E-state index contributed by atoms with van der Waals surface area (Å²) >= 11 is 1.40. The van der Waals surface area contributed by atoms with E-state index in [0.29, 0.717) is 23.9 Å². The van der Waals surface area contributed by atoms with E-state index in [0.717, 1.165) is 5.56 Å². The van der Waals surface area contributed by atoms with Crippen LogP contribution in [0.2, 0.25) is 0 Å². The SMILES string of the molecule is CNS(=O)(=O)c1ccc(CNC(=O)CCSc2nnnn2C)cc1. The molecule has 0 saturated heterocycles. The number of rotatable bonds is 8. The first-order valence-electron chi connectivity index (χ1n) is 7.06. The van der Waals surface area contributed by atoms with E-state index in [1.807, 2.05) is 0 Å². The lowest BCUT2D eigenvalue weighted by atomic mass is 10.2. The number of benzene rings is 1. The summed E-state index contributed by atoms with van der Waals surface area (Å²) in [7, 11) is -0.345. The Hall–Kier alpha value is -1.98. The molecule has 11 heteroatoms. The van der Waals surface area contributed by atoms with Gasteiger partial charge in [0.05, 0.1) is 4.90 Å². The molecule has 24 heavy (non-hydrogen) atoms. The van der Waals surface area contributed by atoms with Crippen LogP contribution < -0.4 is 10.0 Å². The number of tetrazole rings is 1. The van der Waals surface area contributed by atoms with Crippen LogP contribution in [0.4, 0.5) is 0 Å². The monoisotopic (exact) mass is 370 g/mol. The number of aromatic nitrogens is 4. The molecule has 0 spiro atoms. The maximum atomic E-state index is 11.8. The number of nitrogens with zero attached hydrogens (tertiary/aromatic N) is 4. The van der Waals surface area contributed by atoms with E-state index < -0.39 is 10.0 Å². The molecule has 9 nitrogen and oxygen atoms in total. The molecule has 0 aliphatic carbocycles. The molecule has 0 fully saturated rings. The van der Waals surface area contributed by atoms with Crippen LogP contribution in [0.25, 0.3) is 0 Å². The summed E-state index contributed by atoms with van der Waals surface area (Å²) in [6.45, 7) is 0.342. The summed E-state index contributed by atoms with van der Waals surface area (Å²) in [6, 6.07) is 6.35. The number of amides is 1. The first-order chi connectivity index (χ1) is 11.4. The number of hydrogen-bond donors (Lipinski definition) is 2. The highest BCUT2D eigenvalue weighted by molar-refractivity contribution is 7.99. The van der Waals surface area contributed by atoms with Crippen LogP contribution in [0.3, 0.4) is 0 Å². The predicted molar refractivity (Wildman–Crippen MR) is 88.7 cm³/mol. The molecule has 2 rings (SSSR count). The summed E-state index contributed by atoms with van der Waals surface area (Å²) in [5.41, 5.74) is 0.823. The highest BCUT2D eigenvalue weighted by Crippen LogP contribution is 2.13. The fourth-order valence-electron chi connectivity index (χ4n) is 1.77. The Morgan fingerprint density at radius 1 is 1.29 bits per heavy atom. The van der Waals surface area contributed by atoms with Gasteiger partial charge in [0.15, 0.2) is 0 Å². The molecule has 0 bridgehead atoms. The van der Waals surface area contributed by atoms with E-state index in [1.54, 1.807) is 23.9 Å². The van der Waals surface area contributed by atoms with Crippen molar-refractivity contribution in [2.24, 2.45) is 7.05 Å². The van der Waals surface area contributed by atoms with E-state index >= 15 is 0 Å². The molecule has 0 radical (unpaired) electrons. The van der Waals surface area contributed by atoms with E-state index in [1.165, 1.54) is 30.9 Å². The van der Waals surface area contributed by atoms with Crippen molar-refractivity contribution in [2.45, 2.75) is 23.0 Å². The zero-order chi connectivity index (χ0) is 17.6. The largest absolute Gasteiger partial charge is 0.352 e. The van der Waals surface area contributed by atoms with Gasteiger partial charge >= 0.3 is 0 Å². The number of carbonyl (C=O) groups is 1. The van der Waals surface area contributed by atoms with Crippen LogP contribution in [-0.2, 0) is 28.4 Å². The Morgan fingerprint density at radius 2 is 2.00 bits per heavy atom. The normalized spacial score (nSPS) is 11.4. The number of thioether (sulfide) groups is 1. The molecule has 130 valence electrons. The predicted octanol–water partition coefficient (Wildman–Crippen LogP) is -0.0832. The second-order valence-electron chi connectivity index (χ2n) is 4.81. The van der Waals surface area contributed by atoms with Gasteiger partial charge in [-0.2, -0.15) is 0 Å². The van der Waals surface area contributed by atoms with Crippen LogP contribution in [0.5, 0.6) is 0 Å². The third-order valence-electron chi connectivity index (χ3n) is 3.13. The van der Waals surface area contributed by atoms with E-state index in [4.69, 9.17) is 0 Å². The number of carbonyl (C=O) groups excluding carboxylic acids is 1. The first kappa shape index (κ1) is 18.4. The lowest BCUT2D eigenvalue weighted by Gasteiger charge is -2.07. The van der Waals surface area contributed by atoms with Crippen molar-refractivity contribution in [1.82, 2.24) is 30.2 Å². The van der Waals surface area contributed by atoms with Crippen LogP contribution in [0.1, 0.15) is 12.0 Å². The average molecular weight is 370 g/mol. The smallest absolute Gasteiger partial charge is 0.240 e. The standard InChI is InChI=1S/C13H18N6O3S2/c1-14-24(21,22)11-5-3-10(4-6-11)9-15-12(20)7-8-23-13-16-17-18-19(13)2/h3-6,14H,7-9H2,1-2H3,(H,15,20). The topological polar surface area (TPSA) is 119 Å². The quantitative estimate of drug-likeness (QED) is 0.624.